The standard InChI is InChI=1S/C12H14Cl3NO3/c13-8-12(14,15)11(18)16-10(17)6-7-19-9-4-2-1-3-5-9/h1-5,11,18H,6-8H2,(H,16,17). The van der Waals surface area contributed by atoms with Crippen molar-refractivity contribution in [1.29, 1.82) is 0 Å². The largest absolute Gasteiger partial charge is 0.493 e. The number of para-hydroxylation sites is 1. The second-order valence-corrected chi connectivity index (χ2v) is 5.59. The molecule has 7 heteroatoms. The molecule has 0 spiro atoms. The normalized spacial score (nSPS) is 12.8. The maximum Gasteiger partial charge on any atom is 0.225 e. The van der Waals surface area contributed by atoms with Crippen molar-refractivity contribution < 1.29 is 14.6 Å². The van der Waals surface area contributed by atoms with Crippen molar-refractivity contribution in [2.75, 3.05) is 12.5 Å². The summed E-state index contributed by atoms with van der Waals surface area (Å²) >= 11 is 16.8. The van der Waals surface area contributed by atoms with Crippen LogP contribution in [0.2, 0.25) is 0 Å². The molecule has 1 aromatic carbocycles. The number of carbonyl (C=O) groups is 1. The average Bonchev–Trinajstić information content (AvgIpc) is 2.39. The number of carbonyl (C=O) groups excluding carboxylic acids is 1. The van der Waals surface area contributed by atoms with Crippen LogP contribution in [0.3, 0.4) is 0 Å². The molecule has 0 radical (unpaired) electrons. The number of aliphatic hydroxyl groups is 1. The summed E-state index contributed by atoms with van der Waals surface area (Å²) in [5, 5.41) is 11.8. The van der Waals surface area contributed by atoms with Crippen LogP contribution in [0.15, 0.2) is 30.3 Å². The van der Waals surface area contributed by atoms with Crippen molar-refractivity contribution >= 4 is 40.7 Å². The van der Waals surface area contributed by atoms with Crippen molar-refractivity contribution in [3.05, 3.63) is 30.3 Å². The van der Waals surface area contributed by atoms with Crippen LogP contribution in [-0.4, -0.2) is 34.1 Å². The van der Waals surface area contributed by atoms with Crippen molar-refractivity contribution in [1.82, 2.24) is 5.32 Å². The second kappa shape index (κ2) is 7.80. The fourth-order valence-electron chi connectivity index (χ4n) is 1.18. The Morgan fingerprint density at radius 3 is 2.58 bits per heavy atom. The number of hydrogen-bond donors (Lipinski definition) is 2. The van der Waals surface area contributed by atoms with Gasteiger partial charge in [-0.3, -0.25) is 4.79 Å². The van der Waals surface area contributed by atoms with Crippen LogP contribution in [0.25, 0.3) is 0 Å². The number of halogens is 3. The lowest BCUT2D eigenvalue weighted by Gasteiger charge is -2.23. The van der Waals surface area contributed by atoms with E-state index in [0.29, 0.717) is 5.75 Å². The van der Waals surface area contributed by atoms with E-state index < -0.39 is 16.5 Å². The quantitative estimate of drug-likeness (QED) is 0.597. The summed E-state index contributed by atoms with van der Waals surface area (Å²) in [4.78, 5) is 11.5. The summed E-state index contributed by atoms with van der Waals surface area (Å²) in [6.07, 6.45) is -1.37. The van der Waals surface area contributed by atoms with Crippen LogP contribution in [0.5, 0.6) is 5.75 Å². The molecule has 0 aliphatic heterocycles. The van der Waals surface area contributed by atoms with Crippen molar-refractivity contribution in [3.63, 3.8) is 0 Å². The van der Waals surface area contributed by atoms with Gasteiger partial charge in [-0.2, -0.15) is 0 Å². The number of aliphatic hydroxyl groups excluding tert-OH is 1. The van der Waals surface area contributed by atoms with E-state index in [4.69, 9.17) is 39.5 Å². The Morgan fingerprint density at radius 2 is 2.00 bits per heavy atom. The lowest BCUT2D eigenvalue weighted by Crippen LogP contribution is -2.47. The molecule has 1 atom stereocenters. The van der Waals surface area contributed by atoms with Gasteiger partial charge in [-0.25, -0.2) is 0 Å². The summed E-state index contributed by atoms with van der Waals surface area (Å²) in [6.45, 7) is 0.182. The van der Waals surface area contributed by atoms with Crippen molar-refractivity contribution in [3.8, 4) is 5.75 Å². The van der Waals surface area contributed by atoms with E-state index in [1.165, 1.54) is 0 Å². The maximum absolute atomic E-state index is 11.5. The van der Waals surface area contributed by atoms with Crippen molar-refractivity contribution in [2.24, 2.45) is 0 Å². The van der Waals surface area contributed by atoms with Gasteiger partial charge in [0.25, 0.3) is 0 Å². The summed E-state index contributed by atoms with van der Waals surface area (Å²) in [5.74, 6) is 0.0257. The third-order valence-corrected chi connectivity index (χ3v) is 3.59. The van der Waals surface area contributed by atoms with Gasteiger partial charge < -0.3 is 15.2 Å². The highest BCUT2D eigenvalue weighted by Gasteiger charge is 2.33. The Kier molecular flexibility index (Phi) is 6.72. The number of rotatable bonds is 7. The molecule has 0 aliphatic rings. The number of amides is 1. The Labute approximate surface area is 126 Å². The molecule has 0 heterocycles. The zero-order chi connectivity index (χ0) is 14.3. The molecule has 106 valence electrons. The highest BCUT2D eigenvalue weighted by molar-refractivity contribution is 6.52. The number of ether oxygens (including phenoxy) is 1. The van der Waals surface area contributed by atoms with E-state index in [2.05, 4.69) is 5.32 Å². The maximum atomic E-state index is 11.5. The Bertz CT molecular complexity index is 400. The Hall–Kier alpha value is -0.680. The van der Waals surface area contributed by atoms with Gasteiger partial charge in [0.1, 0.15) is 5.75 Å². The molecule has 1 rings (SSSR count). The molecular weight excluding hydrogens is 312 g/mol. The minimum Gasteiger partial charge on any atom is -0.493 e. The first-order valence-corrected chi connectivity index (χ1v) is 6.84. The van der Waals surface area contributed by atoms with Gasteiger partial charge in [0.15, 0.2) is 10.6 Å². The monoisotopic (exact) mass is 325 g/mol. The van der Waals surface area contributed by atoms with E-state index in [1.807, 2.05) is 18.2 Å². The predicted molar refractivity (Wildman–Crippen MR) is 75.9 cm³/mol. The molecule has 1 unspecified atom stereocenters. The number of benzene rings is 1. The Morgan fingerprint density at radius 1 is 1.37 bits per heavy atom. The molecule has 0 saturated carbocycles. The molecule has 1 aromatic rings. The van der Waals surface area contributed by atoms with Gasteiger partial charge in [0.05, 0.1) is 18.9 Å². The number of alkyl halides is 3. The summed E-state index contributed by atoms with van der Waals surface area (Å²) in [5.41, 5.74) is 0. The van der Waals surface area contributed by atoms with E-state index in [-0.39, 0.29) is 18.9 Å². The van der Waals surface area contributed by atoms with Crippen LogP contribution in [0.1, 0.15) is 6.42 Å². The van der Waals surface area contributed by atoms with Gasteiger partial charge in [-0.05, 0) is 12.1 Å². The first-order chi connectivity index (χ1) is 8.95. The van der Waals surface area contributed by atoms with Gasteiger partial charge in [0, 0.05) is 0 Å². The highest BCUT2D eigenvalue weighted by atomic mass is 35.5. The van der Waals surface area contributed by atoms with Crippen LogP contribution in [0, 0.1) is 0 Å². The third kappa shape index (κ3) is 5.87. The molecular formula is C12H14Cl3NO3. The lowest BCUT2D eigenvalue weighted by molar-refractivity contribution is -0.124. The summed E-state index contributed by atoms with van der Waals surface area (Å²) in [7, 11) is 0. The molecule has 19 heavy (non-hydrogen) atoms. The van der Waals surface area contributed by atoms with Crippen LogP contribution in [-0.2, 0) is 4.79 Å². The number of nitrogens with one attached hydrogen (secondary N) is 1. The van der Waals surface area contributed by atoms with E-state index in [0.717, 1.165) is 0 Å². The first kappa shape index (κ1) is 16.4. The van der Waals surface area contributed by atoms with Gasteiger partial charge in [-0.1, -0.05) is 41.4 Å². The molecule has 1 amide bonds. The number of hydrogen-bond acceptors (Lipinski definition) is 3. The molecule has 2 N–H and O–H groups in total. The summed E-state index contributed by atoms with van der Waals surface area (Å²) in [6, 6.07) is 9.08. The highest BCUT2D eigenvalue weighted by Crippen LogP contribution is 2.25. The molecule has 0 fully saturated rings. The third-order valence-electron chi connectivity index (χ3n) is 2.22. The molecule has 0 saturated heterocycles. The molecule has 0 aliphatic carbocycles. The SMILES string of the molecule is O=C(CCOc1ccccc1)NC(O)C(Cl)(Cl)CCl. The van der Waals surface area contributed by atoms with Gasteiger partial charge in [-0.15, -0.1) is 11.6 Å². The van der Waals surface area contributed by atoms with E-state index >= 15 is 0 Å². The van der Waals surface area contributed by atoms with Crippen LogP contribution in [0.4, 0.5) is 0 Å². The summed E-state index contributed by atoms with van der Waals surface area (Å²) < 4.78 is 3.72. The van der Waals surface area contributed by atoms with Gasteiger partial charge in [0.2, 0.25) is 5.91 Å². The zero-order valence-electron chi connectivity index (χ0n) is 9.98. The fourth-order valence-corrected chi connectivity index (χ4v) is 1.44. The average molecular weight is 327 g/mol. The molecule has 0 bridgehead atoms. The van der Waals surface area contributed by atoms with Crippen LogP contribution >= 0.6 is 34.8 Å². The Balaban J connectivity index is 2.29. The van der Waals surface area contributed by atoms with E-state index in [1.54, 1.807) is 12.1 Å². The van der Waals surface area contributed by atoms with Crippen LogP contribution < -0.4 is 10.1 Å². The first-order valence-electron chi connectivity index (χ1n) is 5.55. The fraction of sp³-hybridized carbons (Fsp3) is 0.417. The molecule has 4 nitrogen and oxygen atoms in total. The zero-order valence-corrected chi connectivity index (χ0v) is 12.3. The van der Waals surface area contributed by atoms with E-state index in [9.17, 15) is 9.90 Å². The lowest BCUT2D eigenvalue weighted by atomic mass is 10.3. The minimum atomic E-state index is -1.61. The van der Waals surface area contributed by atoms with Crippen molar-refractivity contribution in [2.45, 2.75) is 17.0 Å². The second-order valence-electron chi connectivity index (χ2n) is 3.78. The molecule has 0 aromatic heterocycles. The van der Waals surface area contributed by atoms with Gasteiger partial charge >= 0.3 is 0 Å². The topological polar surface area (TPSA) is 58.6 Å². The minimum absolute atomic E-state index is 0.0676. The predicted octanol–water partition coefficient (Wildman–Crippen LogP) is 2.30. The smallest absolute Gasteiger partial charge is 0.225 e.